The average Bonchev–Trinajstić information content (AvgIpc) is 3.73. The van der Waals surface area contributed by atoms with Crippen LogP contribution >= 0.6 is 0 Å². The molecule has 256 valence electrons. The lowest BCUT2D eigenvalue weighted by Gasteiger charge is -2.34. The number of alkyl halides is 3. The molecule has 3 aromatic carbocycles. The number of hydrogen-bond donors (Lipinski definition) is 0. The lowest BCUT2D eigenvalue weighted by atomic mass is 10.2. The number of aromatic nitrogens is 5. The summed E-state index contributed by atoms with van der Waals surface area (Å²) in [5.41, 5.74) is 3.23. The van der Waals surface area contributed by atoms with Crippen LogP contribution < -0.4 is 9.47 Å². The first-order chi connectivity index (χ1) is 24.1. The summed E-state index contributed by atoms with van der Waals surface area (Å²) < 4.78 is 68.3. The predicted octanol–water partition coefficient (Wildman–Crippen LogP) is 6.52. The van der Waals surface area contributed by atoms with Gasteiger partial charge in [0.15, 0.2) is 6.61 Å². The van der Waals surface area contributed by atoms with Gasteiger partial charge in [0.1, 0.15) is 28.7 Å². The molecule has 7 rings (SSSR count). The van der Waals surface area contributed by atoms with E-state index in [1.54, 1.807) is 30.3 Å². The number of ether oxygens (including phenoxy) is 2. The van der Waals surface area contributed by atoms with Gasteiger partial charge in [-0.1, -0.05) is 17.3 Å². The van der Waals surface area contributed by atoms with Crippen molar-refractivity contribution in [1.82, 2.24) is 34.5 Å². The Bertz CT molecular complexity index is 2110. The maximum absolute atomic E-state index is 13.6. The number of carbonyl (C=O) groups is 1. The molecule has 1 fully saturated rings. The van der Waals surface area contributed by atoms with E-state index in [0.717, 1.165) is 16.5 Å². The molecular formula is C35H29F4N7O4. The summed E-state index contributed by atoms with van der Waals surface area (Å²) in [6.07, 6.45) is -1.51. The number of carbonyl (C=O) groups excluding carboxylic acids is 1. The molecule has 1 aliphatic rings. The topological polar surface area (TPSA) is 112 Å². The third-order valence-electron chi connectivity index (χ3n) is 8.23. The van der Waals surface area contributed by atoms with E-state index < -0.39 is 12.8 Å². The van der Waals surface area contributed by atoms with Gasteiger partial charge in [0.05, 0.1) is 17.9 Å². The highest BCUT2D eigenvalue weighted by molar-refractivity contribution is 5.99. The Morgan fingerprint density at radius 3 is 2.34 bits per heavy atom. The number of fused-ring (bicyclic) bond motifs is 1. The Morgan fingerprint density at radius 2 is 1.64 bits per heavy atom. The van der Waals surface area contributed by atoms with Crippen molar-refractivity contribution in [3.8, 4) is 40.4 Å². The van der Waals surface area contributed by atoms with Crippen LogP contribution in [-0.2, 0) is 13.6 Å². The molecule has 0 spiro atoms. The molecule has 15 heteroatoms. The molecule has 0 N–H and O–H groups in total. The average molecular weight is 688 g/mol. The fraction of sp³-hybridized carbons (Fsp3) is 0.229. The fourth-order valence-corrected chi connectivity index (χ4v) is 5.61. The first-order valence-corrected chi connectivity index (χ1v) is 15.6. The Balaban J connectivity index is 0.950. The lowest BCUT2D eigenvalue weighted by molar-refractivity contribution is -0.153. The highest BCUT2D eigenvalue weighted by atomic mass is 19.4. The van der Waals surface area contributed by atoms with Crippen LogP contribution in [0.25, 0.3) is 33.9 Å². The van der Waals surface area contributed by atoms with E-state index in [1.807, 2.05) is 34.7 Å². The van der Waals surface area contributed by atoms with Gasteiger partial charge in [-0.25, -0.2) is 14.4 Å². The maximum atomic E-state index is 13.6. The molecule has 0 unspecified atom stereocenters. The molecule has 1 aliphatic heterocycles. The van der Waals surface area contributed by atoms with Crippen molar-refractivity contribution >= 4 is 16.8 Å². The third kappa shape index (κ3) is 7.42. The molecule has 0 saturated carbocycles. The van der Waals surface area contributed by atoms with E-state index in [-0.39, 0.29) is 29.2 Å². The van der Waals surface area contributed by atoms with Crippen LogP contribution in [-0.4, -0.2) is 79.3 Å². The second-order valence-corrected chi connectivity index (χ2v) is 11.7. The van der Waals surface area contributed by atoms with Gasteiger partial charge in [0.25, 0.3) is 11.8 Å². The minimum Gasteiger partial charge on any atom is -0.484 e. The van der Waals surface area contributed by atoms with Gasteiger partial charge >= 0.3 is 6.18 Å². The Kier molecular flexibility index (Phi) is 8.89. The normalized spacial score (nSPS) is 13.9. The first-order valence-electron chi connectivity index (χ1n) is 15.6. The van der Waals surface area contributed by atoms with Crippen LogP contribution in [0.5, 0.6) is 17.4 Å². The molecule has 0 atom stereocenters. The Labute approximate surface area is 282 Å². The summed E-state index contributed by atoms with van der Waals surface area (Å²) in [4.78, 5) is 30.5. The SMILES string of the molecule is Cn1c(C(=O)N2CCN(Cc3ccc(OCC(F)(F)F)cc3)CC2)cc2ccc(Oc3cnc(-c4nc(-c5ccc(F)cc5)no4)cn3)cc21. The second kappa shape index (κ2) is 13.6. The lowest BCUT2D eigenvalue weighted by Crippen LogP contribution is -2.48. The summed E-state index contributed by atoms with van der Waals surface area (Å²) >= 11 is 0. The van der Waals surface area contributed by atoms with Gasteiger partial charge in [-0.3, -0.25) is 9.69 Å². The predicted molar refractivity (Wildman–Crippen MR) is 173 cm³/mol. The second-order valence-electron chi connectivity index (χ2n) is 11.7. The number of hydrogen-bond acceptors (Lipinski definition) is 9. The Morgan fingerprint density at radius 1 is 0.900 bits per heavy atom. The molecule has 0 bridgehead atoms. The number of halogens is 4. The van der Waals surface area contributed by atoms with E-state index in [2.05, 4.69) is 25.0 Å². The molecule has 3 aromatic heterocycles. The van der Waals surface area contributed by atoms with Crippen LogP contribution in [0.3, 0.4) is 0 Å². The van der Waals surface area contributed by atoms with Gasteiger partial charge < -0.3 is 23.5 Å². The quantitative estimate of drug-likeness (QED) is 0.157. The zero-order chi connectivity index (χ0) is 34.8. The number of amides is 1. The summed E-state index contributed by atoms with van der Waals surface area (Å²) in [6, 6.07) is 19.6. The molecule has 6 aromatic rings. The zero-order valence-corrected chi connectivity index (χ0v) is 26.6. The van der Waals surface area contributed by atoms with Gasteiger partial charge in [-0.05, 0) is 60.2 Å². The van der Waals surface area contributed by atoms with Crippen LogP contribution in [0.4, 0.5) is 17.6 Å². The van der Waals surface area contributed by atoms with E-state index in [1.165, 1.54) is 36.7 Å². The van der Waals surface area contributed by atoms with Crippen LogP contribution in [0.2, 0.25) is 0 Å². The van der Waals surface area contributed by atoms with Crippen molar-refractivity contribution in [1.29, 1.82) is 0 Å². The fourth-order valence-electron chi connectivity index (χ4n) is 5.61. The Hall–Kier alpha value is -5.83. The zero-order valence-electron chi connectivity index (χ0n) is 26.6. The number of aryl methyl sites for hydroxylation is 1. The standard InChI is InChI=1S/C35H29F4N7O4/c1-44-29-17-27(49-31-19-40-28(18-41-31)33-42-32(43-50-33)23-4-7-25(36)8-5-23)11-6-24(29)16-30(44)34(47)46-14-12-45(13-15-46)20-22-2-9-26(10-3-22)48-21-35(37,38)39/h2-11,16-19H,12-15,20-21H2,1H3. The van der Waals surface area contributed by atoms with Crippen LogP contribution in [0, 0.1) is 5.82 Å². The van der Waals surface area contributed by atoms with Crippen molar-refractivity contribution in [2.24, 2.45) is 7.05 Å². The van der Waals surface area contributed by atoms with Crippen molar-refractivity contribution in [2.75, 3.05) is 32.8 Å². The number of nitrogens with zero attached hydrogens (tertiary/aromatic N) is 7. The van der Waals surface area contributed by atoms with E-state index in [0.29, 0.717) is 61.2 Å². The smallest absolute Gasteiger partial charge is 0.422 e. The maximum Gasteiger partial charge on any atom is 0.422 e. The summed E-state index contributed by atoms with van der Waals surface area (Å²) in [7, 11) is 1.83. The van der Waals surface area contributed by atoms with Crippen LogP contribution in [0.1, 0.15) is 16.1 Å². The van der Waals surface area contributed by atoms with E-state index >= 15 is 0 Å². The van der Waals surface area contributed by atoms with Crippen molar-refractivity contribution in [3.05, 3.63) is 102 Å². The minimum absolute atomic E-state index is 0.0814. The summed E-state index contributed by atoms with van der Waals surface area (Å²) in [6.45, 7) is 1.66. The van der Waals surface area contributed by atoms with Crippen molar-refractivity contribution in [3.63, 3.8) is 0 Å². The molecule has 50 heavy (non-hydrogen) atoms. The minimum atomic E-state index is -4.39. The molecule has 1 saturated heterocycles. The molecule has 0 aliphatic carbocycles. The van der Waals surface area contributed by atoms with E-state index in [9.17, 15) is 22.4 Å². The van der Waals surface area contributed by atoms with Gasteiger partial charge in [0, 0.05) is 56.8 Å². The van der Waals surface area contributed by atoms with E-state index in [4.69, 9.17) is 14.0 Å². The van der Waals surface area contributed by atoms with Crippen molar-refractivity contribution in [2.45, 2.75) is 12.7 Å². The highest BCUT2D eigenvalue weighted by Gasteiger charge is 2.28. The largest absolute Gasteiger partial charge is 0.484 e. The summed E-state index contributed by atoms with van der Waals surface area (Å²) in [5.74, 6) is 0.904. The molecule has 11 nitrogen and oxygen atoms in total. The highest BCUT2D eigenvalue weighted by Crippen LogP contribution is 2.29. The first kappa shape index (κ1) is 32.7. The number of piperazine rings is 1. The van der Waals surface area contributed by atoms with Gasteiger partial charge in [-0.2, -0.15) is 18.2 Å². The summed E-state index contributed by atoms with van der Waals surface area (Å²) in [5, 5.41) is 4.80. The molecule has 0 radical (unpaired) electrons. The number of benzene rings is 3. The monoisotopic (exact) mass is 687 g/mol. The molecule has 4 heterocycles. The number of rotatable bonds is 9. The molecule has 1 amide bonds. The van der Waals surface area contributed by atoms with Gasteiger partial charge in [0.2, 0.25) is 11.7 Å². The third-order valence-corrected chi connectivity index (χ3v) is 8.23. The van der Waals surface area contributed by atoms with Crippen LogP contribution in [0.15, 0.2) is 89.7 Å². The van der Waals surface area contributed by atoms with Gasteiger partial charge in [-0.15, -0.1) is 0 Å². The molecular weight excluding hydrogens is 658 g/mol. The van der Waals surface area contributed by atoms with Crippen molar-refractivity contribution < 1.29 is 36.4 Å².